The maximum atomic E-state index is 11.9. The van der Waals surface area contributed by atoms with Crippen LogP contribution in [0.1, 0.15) is 45.3 Å². The predicted molar refractivity (Wildman–Crippen MR) is 77.0 cm³/mol. The van der Waals surface area contributed by atoms with Gasteiger partial charge in [-0.15, -0.1) is 11.3 Å². The lowest BCUT2D eigenvalue weighted by molar-refractivity contribution is 0.0972. The van der Waals surface area contributed by atoms with Crippen molar-refractivity contribution < 1.29 is 4.79 Å². The summed E-state index contributed by atoms with van der Waals surface area (Å²) in [6.45, 7) is 5.06. The minimum absolute atomic E-state index is 0.313. The minimum Gasteiger partial charge on any atom is -0.348 e. The van der Waals surface area contributed by atoms with Crippen molar-refractivity contribution in [2.24, 2.45) is 0 Å². The molecule has 3 rings (SSSR count). The molecule has 0 bridgehead atoms. The number of rotatable bonds is 3. The fourth-order valence-corrected chi connectivity index (χ4v) is 3.59. The van der Waals surface area contributed by atoms with Gasteiger partial charge in [0.15, 0.2) is 5.78 Å². The topological polar surface area (TPSA) is 34.9 Å². The molecule has 2 aromatic rings. The molecule has 0 unspecified atom stereocenters. The molecule has 0 aromatic carbocycles. The van der Waals surface area contributed by atoms with E-state index in [1.165, 1.54) is 16.4 Å². The van der Waals surface area contributed by atoms with Crippen molar-refractivity contribution in [2.75, 3.05) is 0 Å². The van der Waals surface area contributed by atoms with Crippen LogP contribution in [0.4, 0.5) is 0 Å². The number of Topliss-reactive ketones (excluding diaryl/α,β-unsaturated/α-hetero) is 1. The largest absolute Gasteiger partial charge is 0.348 e. The third-order valence-corrected chi connectivity index (χ3v) is 4.78. The van der Waals surface area contributed by atoms with Crippen molar-refractivity contribution in [3.05, 3.63) is 39.1 Å². The van der Waals surface area contributed by atoms with E-state index in [1.807, 2.05) is 6.92 Å². The molecule has 0 aliphatic heterocycles. The molecule has 1 aliphatic carbocycles. The number of hydrogen-bond donors (Lipinski definition) is 0. The summed E-state index contributed by atoms with van der Waals surface area (Å²) in [6, 6.07) is 2.06. The van der Waals surface area contributed by atoms with Gasteiger partial charge < -0.3 is 4.57 Å². The van der Waals surface area contributed by atoms with Crippen molar-refractivity contribution >= 4 is 17.1 Å². The standard InChI is InChI=1S/C15H18N2OS/c1-10-9-19-15(16-10)6-7-17-11(2)8-12-13(17)4-3-5-14(12)18/h8-9H,3-7H2,1-2H3. The highest BCUT2D eigenvalue weighted by Gasteiger charge is 2.22. The summed E-state index contributed by atoms with van der Waals surface area (Å²) in [4.78, 5) is 16.4. The monoisotopic (exact) mass is 274 g/mol. The second-order valence-corrected chi connectivity index (χ2v) is 6.15. The maximum Gasteiger partial charge on any atom is 0.164 e. The molecule has 3 nitrogen and oxygen atoms in total. The van der Waals surface area contributed by atoms with E-state index < -0.39 is 0 Å². The number of thiazole rings is 1. The Labute approximate surface area is 117 Å². The van der Waals surface area contributed by atoms with Gasteiger partial charge in [0.1, 0.15) is 0 Å². The number of hydrogen-bond acceptors (Lipinski definition) is 3. The SMILES string of the molecule is Cc1csc(CCn2c(C)cc3c2CCCC3=O)n1. The van der Waals surface area contributed by atoms with Gasteiger partial charge in [-0.2, -0.15) is 0 Å². The number of carbonyl (C=O) groups excluding carboxylic acids is 1. The molecule has 100 valence electrons. The van der Waals surface area contributed by atoms with Crippen molar-refractivity contribution in [3.63, 3.8) is 0 Å². The van der Waals surface area contributed by atoms with Crippen LogP contribution in [0.25, 0.3) is 0 Å². The van der Waals surface area contributed by atoms with Crippen LogP contribution in [-0.2, 0) is 19.4 Å². The van der Waals surface area contributed by atoms with E-state index in [2.05, 4.69) is 27.9 Å². The van der Waals surface area contributed by atoms with Gasteiger partial charge in [0.05, 0.1) is 5.01 Å². The lowest BCUT2D eigenvalue weighted by Gasteiger charge is -2.15. The lowest BCUT2D eigenvalue weighted by atomic mass is 9.96. The Balaban J connectivity index is 1.83. The molecule has 0 N–H and O–H groups in total. The van der Waals surface area contributed by atoms with Crippen LogP contribution < -0.4 is 0 Å². The summed E-state index contributed by atoms with van der Waals surface area (Å²) in [7, 11) is 0. The number of carbonyl (C=O) groups is 1. The fourth-order valence-electron chi connectivity index (χ4n) is 2.83. The molecular weight excluding hydrogens is 256 g/mol. The summed E-state index contributed by atoms with van der Waals surface area (Å²) < 4.78 is 2.31. The Morgan fingerprint density at radius 2 is 2.21 bits per heavy atom. The zero-order valence-corrected chi connectivity index (χ0v) is 12.2. The van der Waals surface area contributed by atoms with Crippen LogP contribution in [0.15, 0.2) is 11.4 Å². The Morgan fingerprint density at radius 3 is 2.95 bits per heavy atom. The van der Waals surface area contributed by atoms with Crippen molar-refractivity contribution in [3.8, 4) is 0 Å². The summed E-state index contributed by atoms with van der Waals surface area (Å²) in [6.07, 6.45) is 3.69. The maximum absolute atomic E-state index is 11.9. The quantitative estimate of drug-likeness (QED) is 0.860. The molecule has 0 fully saturated rings. The Kier molecular flexibility index (Phi) is 3.27. The van der Waals surface area contributed by atoms with E-state index in [9.17, 15) is 4.79 Å². The van der Waals surface area contributed by atoms with E-state index in [0.717, 1.165) is 37.1 Å². The summed E-state index contributed by atoms with van der Waals surface area (Å²) in [5.74, 6) is 0.313. The van der Waals surface area contributed by atoms with E-state index in [0.29, 0.717) is 12.2 Å². The Bertz CT molecular complexity index is 624. The highest BCUT2D eigenvalue weighted by Crippen LogP contribution is 2.25. The van der Waals surface area contributed by atoms with Gasteiger partial charge in [-0.05, 0) is 32.8 Å². The first-order chi connectivity index (χ1) is 9.15. The average molecular weight is 274 g/mol. The summed E-state index contributed by atoms with van der Waals surface area (Å²) in [5.41, 5.74) is 4.50. The molecule has 0 saturated carbocycles. The zero-order valence-electron chi connectivity index (χ0n) is 11.4. The predicted octanol–water partition coefficient (Wildman–Crippen LogP) is 3.32. The number of fused-ring (bicyclic) bond motifs is 1. The first-order valence-electron chi connectivity index (χ1n) is 6.78. The molecule has 4 heteroatoms. The lowest BCUT2D eigenvalue weighted by Crippen LogP contribution is -2.14. The molecule has 1 aliphatic rings. The fraction of sp³-hybridized carbons (Fsp3) is 0.467. The average Bonchev–Trinajstić information content (AvgIpc) is 2.92. The molecule has 2 heterocycles. The smallest absolute Gasteiger partial charge is 0.164 e. The van der Waals surface area contributed by atoms with Crippen LogP contribution >= 0.6 is 11.3 Å². The first kappa shape index (κ1) is 12.6. The second kappa shape index (κ2) is 4.93. The molecule has 0 amide bonds. The van der Waals surface area contributed by atoms with Gasteiger partial charge in [0.25, 0.3) is 0 Å². The van der Waals surface area contributed by atoms with Crippen molar-refractivity contribution in [1.82, 2.24) is 9.55 Å². The van der Waals surface area contributed by atoms with Gasteiger partial charge in [0, 0.05) is 47.4 Å². The third kappa shape index (κ3) is 2.37. The highest BCUT2D eigenvalue weighted by atomic mass is 32.1. The van der Waals surface area contributed by atoms with E-state index in [4.69, 9.17) is 0 Å². The second-order valence-electron chi connectivity index (χ2n) is 5.21. The van der Waals surface area contributed by atoms with Crippen LogP contribution in [-0.4, -0.2) is 15.3 Å². The van der Waals surface area contributed by atoms with Gasteiger partial charge >= 0.3 is 0 Å². The van der Waals surface area contributed by atoms with Crippen molar-refractivity contribution in [2.45, 2.75) is 46.1 Å². The van der Waals surface area contributed by atoms with E-state index >= 15 is 0 Å². The number of nitrogens with zero attached hydrogens (tertiary/aromatic N) is 2. The van der Waals surface area contributed by atoms with Gasteiger partial charge in [-0.3, -0.25) is 4.79 Å². The van der Waals surface area contributed by atoms with E-state index in [1.54, 1.807) is 11.3 Å². The summed E-state index contributed by atoms with van der Waals surface area (Å²) >= 11 is 1.72. The van der Waals surface area contributed by atoms with Gasteiger partial charge in [-0.1, -0.05) is 0 Å². The van der Waals surface area contributed by atoms with Gasteiger partial charge in [0.2, 0.25) is 0 Å². The molecular formula is C15H18N2OS. The molecule has 0 saturated heterocycles. The number of ketones is 1. The third-order valence-electron chi connectivity index (χ3n) is 3.75. The minimum atomic E-state index is 0.313. The summed E-state index contributed by atoms with van der Waals surface area (Å²) in [5, 5.41) is 3.28. The van der Waals surface area contributed by atoms with E-state index in [-0.39, 0.29) is 0 Å². The molecule has 0 spiro atoms. The Morgan fingerprint density at radius 1 is 1.37 bits per heavy atom. The van der Waals surface area contributed by atoms with Crippen LogP contribution in [0.2, 0.25) is 0 Å². The molecule has 0 atom stereocenters. The molecule has 19 heavy (non-hydrogen) atoms. The normalized spacial score (nSPS) is 14.7. The van der Waals surface area contributed by atoms with Crippen LogP contribution in [0.5, 0.6) is 0 Å². The van der Waals surface area contributed by atoms with Crippen LogP contribution in [0, 0.1) is 13.8 Å². The van der Waals surface area contributed by atoms with Gasteiger partial charge in [-0.25, -0.2) is 4.98 Å². The molecule has 2 aromatic heterocycles. The zero-order chi connectivity index (χ0) is 13.4. The number of aromatic nitrogens is 2. The molecule has 0 radical (unpaired) electrons. The Hall–Kier alpha value is -1.42. The first-order valence-corrected chi connectivity index (χ1v) is 7.66. The number of aryl methyl sites for hydroxylation is 3. The van der Waals surface area contributed by atoms with Crippen molar-refractivity contribution in [1.29, 1.82) is 0 Å². The highest BCUT2D eigenvalue weighted by molar-refractivity contribution is 7.09. The van der Waals surface area contributed by atoms with Crippen LogP contribution in [0.3, 0.4) is 0 Å².